The number of hydrogen-bond acceptors (Lipinski definition) is 8. The van der Waals surface area contributed by atoms with Crippen molar-refractivity contribution in [3.05, 3.63) is 100 Å². The summed E-state index contributed by atoms with van der Waals surface area (Å²) in [6, 6.07) is 10.8. The summed E-state index contributed by atoms with van der Waals surface area (Å²) in [5, 5.41) is 2.50. The van der Waals surface area contributed by atoms with Crippen LogP contribution in [0.15, 0.2) is 72.8 Å². The van der Waals surface area contributed by atoms with Crippen LogP contribution in [0.3, 0.4) is 0 Å². The average molecular weight is 815 g/mol. The Morgan fingerprint density at radius 3 is 2.07 bits per heavy atom. The van der Waals surface area contributed by atoms with E-state index in [9.17, 15) is 40.8 Å². The number of carbonyl (C=O) groups excluding carboxylic acids is 4. The lowest BCUT2D eigenvalue weighted by Crippen LogP contribution is -2.58. The second-order valence-electron chi connectivity index (χ2n) is 13.4. The van der Waals surface area contributed by atoms with Crippen LogP contribution < -0.4 is 21.1 Å². The number of likely N-dealkylation sites (tertiary alicyclic amines) is 1. The van der Waals surface area contributed by atoms with Crippen LogP contribution in [0.25, 0.3) is 0 Å². The number of nitrogens with one attached hydrogen (secondary N) is 2. The Labute approximate surface area is 319 Å². The van der Waals surface area contributed by atoms with Crippen molar-refractivity contribution < 1.29 is 54.3 Å². The molecule has 55 heavy (non-hydrogen) atoms. The van der Waals surface area contributed by atoms with Gasteiger partial charge in [0, 0.05) is 30.1 Å². The van der Waals surface area contributed by atoms with Crippen molar-refractivity contribution >= 4 is 44.9 Å². The minimum atomic E-state index is -5.35. The monoisotopic (exact) mass is 814 g/mol. The van der Waals surface area contributed by atoms with Crippen LogP contribution in [0, 0.1) is 5.92 Å². The van der Waals surface area contributed by atoms with Crippen LogP contribution in [0.1, 0.15) is 42.5 Å². The van der Waals surface area contributed by atoms with Crippen LogP contribution in [0.5, 0.6) is 5.75 Å². The second kappa shape index (κ2) is 17.5. The van der Waals surface area contributed by atoms with Crippen LogP contribution in [-0.4, -0.2) is 80.0 Å². The number of rotatable bonds is 15. The molecule has 11 nitrogen and oxygen atoms in total. The lowest BCUT2D eigenvalue weighted by atomic mass is 9.98. The van der Waals surface area contributed by atoms with E-state index in [2.05, 4.69) is 0 Å². The van der Waals surface area contributed by atoms with E-state index in [0.717, 1.165) is 17.0 Å². The molecule has 0 radical (unpaired) electrons. The maximum absolute atomic E-state index is 15.6. The van der Waals surface area contributed by atoms with Crippen molar-refractivity contribution in [3.8, 4) is 5.75 Å². The molecule has 4 atom stereocenters. The molecule has 3 aromatic rings. The molecule has 0 unspecified atom stereocenters. The Balaban J connectivity index is 1.74. The van der Waals surface area contributed by atoms with E-state index in [1.54, 1.807) is 12.1 Å². The van der Waals surface area contributed by atoms with E-state index in [1.807, 2.05) is 10.6 Å². The number of ether oxygens (including phenoxy) is 1. The van der Waals surface area contributed by atoms with Gasteiger partial charge in [-0.15, -0.1) is 0 Å². The molecular formula is C37H40ClF5N4O7S. The highest BCUT2D eigenvalue weighted by atomic mass is 35.5. The minimum Gasteiger partial charge on any atom is -0.497 e. The van der Waals surface area contributed by atoms with Crippen LogP contribution >= 0.6 is 11.6 Å². The van der Waals surface area contributed by atoms with Gasteiger partial charge in [-0.25, -0.2) is 8.42 Å². The molecule has 1 fully saturated rings. The number of ketones is 1. The number of alkyl halides is 5. The highest BCUT2D eigenvalue weighted by Gasteiger charge is 2.50. The molecule has 18 heteroatoms. The molecule has 3 amide bonds. The van der Waals surface area contributed by atoms with E-state index in [-0.39, 0.29) is 11.6 Å². The maximum Gasteiger partial charge on any atom is 0.452 e. The fourth-order valence-electron chi connectivity index (χ4n) is 6.09. The fourth-order valence-corrected chi connectivity index (χ4v) is 8.04. The Bertz CT molecular complexity index is 1980. The summed E-state index contributed by atoms with van der Waals surface area (Å²) in [6.45, 7) is 1.94. The first-order valence-corrected chi connectivity index (χ1v) is 19.1. The number of nitrogens with zero attached hydrogens (tertiary/aromatic N) is 1. The molecular weight excluding hydrogens is 775 g/mol. The third kappa shape index (κ3) is 10.6. The molecule has 0 bridgehead atoms. The number of sulfone groups is 1. The summed E-state index contributed by atoms with van der Waals surface area (Å²) in [7, 11) is -2.81. The molecule has 4 rings (SSSR count). The number of carbonyl (C=O) groups is 4. The highest BCUT2D eigenvalue weighted by Crippen LogP contribution is 2.32. The molecule has 0 aromatic heterocycles. The van der Waals surface area contributed by atoms with Crippen LogP contribution in [0.2, 0.25) is 5.02 Å². The molecule has 1 aliphatic rings. The first-order chi connectivity index (χ1) is 25.7. The molecule has 0 spiro atoms. The fraction of sp³-hybridized carbons (Fsp3) is 0.405. The predicted octanol–water partition coefficient (Wildman–Crippen LogP) is 4.48. The number of hydrogen-bond donors (Lipinski definition) is 3. The van der Waals surface area contributed by atoms with Gasteiger partial charge in [0.1, 0.15) is 17.8 Å². The Kier molecular flexibility index (Phi) is 13.7. The zero-order valence-corrected chi connectivity index (χ0v) is 31.5. The summed E-state index contributed by atoms with van der Waals surface area (Å²) >= 11 is 5.88. The number of nitrogens with two attached hydrogens (primary N) is 1. The van der Waals surface area contributed by atoms with Crippen LogP contribution in [-0.2, 0) is 53.7 Å². The van der Waals surface area contributed by atoms with E-state index >= 15 is 8.78 Å². The first kappa shape index (κ1) is 43.1. The van der Waals surface area contributed by atoms with Gasteiger partial charge in [0.2, 0.25) is 11.8 Å². The molecule has 1 aliphatic heterocycles. The van der Waals surface area contributed by atoms with Crippen molar-refractivity contribution in [2.75, 3.05) is 13.7 Å². The molecule has 298 valence electrons. The average Bonchev–Trinajstić information content (AvgIpc) is 3.60. The van der Waals surface area contributed by atoms with Crippen molar-refractivity contribution in [2.45, 2.75) is 74.5 Å². The topological polar surface area (TPSA) is 165 Å². The van der Waals surface area contributed by atoms with E-state index < -0.39 is 105 Å². The summed E-state index contributed by atoms with van der Waals surface area (Å²) in [6.07, 6.45) is -6.40. The van der Waals surface area contributed by atoms with Gasteiger partial charge >= 0.3 is 12.1 Å². The lowest BCUT2D eigenvalue weighted by molar-refractivity contribution is -0.175. The Morgan fingerprint density at radius 1 is 0.927 bits per heavy atom. The minimum absolute atomic E-state index is 0.103. The summed E-state index contributed by atoms with van der Waals surface area (Å²) in [5.41, 5.74) is 6.22. The van der Waals surface area contributed by atoms with Gasteiger partial charge in [0.25, 0.3) is 11.7 Å². The number of benzene rings is 3. The molecule has 1 saturated heterocycles. The lowest BCUT2D eigenvalue weighted by Gasteiger charge is -2.31. The van der Waals surface area contributed by atoms with Gasteiger partial charge in [-0.1, -0.05) is 74.0 Å². The summed E-state index contributed by atoms with van der Waals surface area (Å²) in [4.78, 5) is 54.5. The number of halogens is 6. The normalized spacial score (nSPS) is 17.4. The molecule has 3 aromatic carbocycles. The second-order valence-corrected chi connectivity index (χ2v) is 16.2. The van der Waals surface area contributed by atoms with Crippen molar-refractivity contribution in [3.63, 3.8) is 0 Å². The zero-order chi connectivity index (χ0) is 40.9. The third-order valence-corrected chi connectivity index (χ3v) is 11.5. The van der Waals surface area contributed by atoms with E-state index in [1.165, 1.54) is 69.5 Å². The maximum atomic E-state index is 15.6. The smallest absolute Gasteiger partial charge is 0.452 e. The van der Waals surface area contributed by atoms with E-state index in [4.69, 9.17) is 22.1 Å². The summed E-state index contributed by atoms with van der Waals surface area (Å²) in [5.74, 6) is -12.1. The van der Waals surface area contributed by atoms with Crippen molar-refractivity contribution in [1.29, 1.82) is 0 Å². The van der Waals surface area contributed by atoms with E-state index in [0.29, 0.717) is 22.4 Å². The van der Waals surface area contributed by atoms with Crippen molar-refractivity contribution in [1.82, 2.24) is 15.5 Å². The Morgan fingerprint density at radius 2 is 1.53 bits per heavy atom. The molecule has 1 heterocycles. The van der Waals surface area contributed by atoms with Crippen molar-refractivity contribution in [2.24, 2.45) is 11.7 Å². The van der Waals surface area contributed by atoms with Gasteiger partial charge < -0.3 is 26.0 Å². The predicted molar refractivity (Wildman–Crippen MR) is 193 cm³/mol. The van der Waals surface area contributed by atoms with Gasteiger partial charge in [-0.2, -0.15) is 22.0 Å². The van der Waals surface area contributed by atoms with Gasteiger partial charge in [0.15, 0.2) is 9.84 Å². The standard InChI is InChI=1S/C37H40ClF5N4O7S/c1-21(2)31(32(48)37(41,42)43)46-33(49)30-17-28(55(52,53)20-24-11-13-27(54-3)14-12-24)19-47(30)34(50)29(15-22-7-9-23(18-44)10-8-22)45-35(51)36(39,40)25-5-4-6-26(38)16-25/h4-14,16,21,28-31H,15,17-20,44H2,1-3H3,(H,45,51)(H,46,49)/t28-,29+,30+,31+/m1/s1. The summed E-state index contributed by atoms with van der Waals surface area (Å²) < 4.78 is 104. The van der Waals surface area contributed by atoms with Gasteiger partial charge in [-0.3, -0.25) is 19.2 Å². The highest BCUT2D eigenvalue weighted by molar-refractivity contribution is 7.91. The number of Topliss-reactive ketones (excluding diaryl/α,β-unsaturated/α-hetero) is 1. The van der Waals surface area contributed by atoms with Crippen LogP contribution in [0.4, 0.5) is 22.0 Å². The largest absolute Gasteiger partial charge is 0.497 e. The molecule has 0 saturated carbocycles. The first-order valence-electron chi connectivity index (χ1n) is 17.0. The molecule has 0 aliphatic carbocycles. The number of amides is 3. The zero-order valence-electron chi connectivity index (χ0n) is 29.9. The number of methoxy groups -OCH3 is 1. The SMILES string of the molecule is COc1ccc(CS(=O)(=O)[C@@H]2C[C@@H](C(=O)N[C@H](C(=O)C(F)(F)F)C(C)C)N(C(=O)[C@H](Cc3ccc(CN)cc3)NC(=O)C(F)(F)c3cccc(Cl)c3)C2)cc1. The third-order valence-electron chi connectivity index (χ3n) is 9.18. The van der Waals surface area contributed by atoms with Gasteiger partial charge in [0.05, 0.1) is 24.2 Å². The Hall–Kier alpha value is -4.61. The molecule has 4 N–H and O–H groups in total. The quantitative estimate of drug-likeness (QED) is 0.189. The van der Waals surface area contributed by atoms with Gasteiger partial charge in [-0.05, 0) is 53.3 Å².